The third-order valence-corrected chi connectivity index (χ3v) is 7.72. The molecule has 0 aliphatic carbocycles. The molecule has 0 radical (unpaired) electrons. The van der Waals surface area contributed by atoms with Gasteiger partial charge in [0.25, 0.3) is 5.56 Å². The van der Waals surface area contributed by atoms with Crippen LogP contribution in [0.1, 0.15) is 18.4 Å². The minimum Gasteiger partial charge on any atom is -0.381 e. The van der Waals surface area contributed by atoms with Crippen LogP contribution in [-0.4, -0.2) is 82.8 Å². The highest BCUT2D eigenvalue weighted by atomic mass is 16.1. The van der Waals surface area contributed by atoms with Crippen LogP contribution in [0.3, 0.4) is 0 Å². The molecule has 5 heterocycles. The lowest BCUT2D eigenvalue weighted by Gasteiger charge is -2.24. The van der Waals surface area contributed by atoms with E-state index in [1.165, 1.54) is 12.8 Å². The Balaban J connectivity index is 1.27. The van der Waals surface area contributed by atoms with Crippen molar-refractivity contribution in [2.45, 2.75) is 25.4 Å². The largest absolute Gasteiger partial charge is 0.381 e. The fraction of sp³-hybridized carbons (Fsp3) is 0.355. The molecule has 42 heavy (non-hydrogen) atoms. The molecule has 3 aromatic heterocycles. The van der Waals surface area contributed by atoms with E-state index in [4.69, 9.17) is 4.98 Å². The number of benzene rings is 1. The first-order valence-electron chi connectivity index (χ1n) is 14.5. The van der Waals surface area contributed by atoms with E-state index in [-0.39, 0.29) is 5.56 Å². The summed E-state index contributed by atoms with van der Waals surface area (Å²) in [6.45, 7) is 4.02. The molecule has 218 valence electrons. The van der Waals surface area contributed by atoms with Gasteiger partial charge in [0.1, 0.15) is 5.65 Å². The Hall–Kier alpha value is -4.48. The third kappa shape index (κ3) is 6.07. The van der Waals surface area contributed by atoms with Gasteiger partial charge in [-0.3, -0.25) is 14.3 Å². The minimum absolute atomic E-state index is 0.124. The smallest absolute Gasteiger partial charge is 0.261 e. The van der Waals surface area contributed by atoms with E-state index in [9.17, 15) is 4.79 Å². The molecule has 2 aliphatic rings. The van der Waals surface area contributed by atoms with E-state index in [1.807, 2.05) is 63.9 Å². The third-order valence-electron chi connectivity index (χ3n) is 7.72. The average Bonchev–Trinajstić information content (AvgIpc) is 3.44. The molecule has 1 atom stereocenters. The van der Waals surface area contributed by atoms with E-state index in [2.05, 4.69) is 53.2 Å². The molecular weight excluding hydrogens is 528 g/mol. The Labute approximate surface area is 245 Å². The van der Waals surface area contributed by atoms with Gasteiger partial charge in [-0.2, -0.15) is 4.98 Å². The van der Waals surface area contributed by atoms with Crippen molar-refractivity contribution in [1.82, 2.24) is 40.0 Å². The van der Waals surface area contributed by atoms with Gasteiger partial charge in [0.2, 0.25) is 5.95 Å². The summed E-state index contributed by atoms with van der Waals surface area (Å²) in [5.41, 5.74) is 5.64. The van der Waals surface area contributed by atoms with E-state index < -0.39 is 0 Å². The summed E-state index contributed by atoms with van der Waals surface area (Å²) in [7, 11) is 6.01. The maximum Gasteiger partial charge on any atom is 0.261 e. The highest BCUT2D eigenvalue weighted by molar-refractivity contribution is 5.81. The molecule has 1 unspecified atom stereocenters. The van der Waals surface area contributed by atoms with Gasteiger partial charge >= 0.3 is 0 Å². The second-order valence-corrected chi connectivity index (χ2v) is 11.2. The van der Waals surface area contributed by atoms with Crippen molar-refractivity contribution in [1.29, 1.82) is 0 Å². The van der Waals surface area contributed by atoms with Gasteiger partial charge in [0.15, 0.2) is 0 Å². The number of piperidine rings is 1. The first-order valence-corrected chi connectivity index (χ1v) is 14.5. The normalized spacial score (nSPS) is 16.9. The van der Waals surface area contributed by atoms with Crippen LogP contribution in [-0.2, 0) is 6.54 Å². The van der Waals surface area contributed by atoms with Gasteiger partial charge in [-0.15, -0.1) is 0 Å². The molecule has 0 bridgehead atoms. The average molecular weight is 567 g/mol. The Morgan fingerprint density at radius 3 is 2.60 bits per heavy atom. The molecule has 2 aliphatic heterocycles. The summed E-state index contributed by atoms with van der Waals surface area (Å²) >= 11 is 0. The number of nitrogens with zero attached hydrogens (tertiary/aromatic N) is 6. The number of fused-ring (bicyclic) bond motifs is 1. The number of pyridine rings is 2. The molecule has 1 aromatic carbocycles. The Bertz CT molecular complexity index is 1620. The van der Waals surface area contributed by atoms with E-state index in [0.29, 0.717) is 42.0 Å². The number of aromatic nitrogens is 4. The van der Waals surface area contributed by atoms with Crippen molar-refractivity contribution in [2.75, 3.05) is 58.1 Å². The number of anilines is 3. The zero-order chi connectivity index (χ0) is 29.1. The molecule has 0 amide bonds. The fourth-order valence-electron chi connectivity index (χ4n) is 5.38. The van der Waals surface area contributed by atoms with Crippen LogP contribution in [0.15, 0.2) is 65.9 Å². The second kappa shape index (κ2) is 12.2. The molecular formula is C31H38N10O. The van der Waals surface area contributed by atoms with Crippen LogP contribution in [0.5, 0.6) is 0 Å². The quantitative estimate of drug-likeness (QED) is 0.241. The zero-order valence-corrected chi connectivity index (χ0v) is 24.4. The monoisotopic (exact) mass is 566 g/mol. The van der Waals surface area contributed by atoms with Crippen LogP contribution < -0.4 is 26.8 Å². The van der Waals surface area contributed by atoms with Crippen LogP contribution in [0.2, 0.25) is 0 Å². The van der Waals surface area contributed by atoms with E-state index >= 15 is 0 Å². The summed E-state index contributed by atoms with van der Waals surface area (Å²) in [6.07, 6.45) is 7.92. The maximum absolute atomic E-state index is 13.8. The van der Waals surface area contributed by atoms with Gasteiger partial charge in [-0.25, -0.2) is 4.98 Å². The molecule has 6 rings (SSSR count). The van der Waals surface area contributed by atoms with Crippen molar-refractivity contribution >= 4 is 34.1 Å². The second-order valence-electron chi connectivity index (χ2n) is 11.2. The SMILES string of the molecule is CN(C)CCn1c(=O)c(-c2ccc(C3=CNCN3C)cn2)cc2cnc(Nc3ccc(NC4CCCNC4)cc3)nc21. The lowest BCUT2D eigenvalue weighted by molar-refractivity contribution is 0.384. The van der Waals surface area contributed by atoms with Gasteiger partial charge in [0.05, 0.1) is 23.6 Å². The number of hydrogen-bond acceptors (Lipinski definition) is 10. The predicted octanol–water partition coefficient (Wildman–Crippen LogP) is 3.11. The van der Waals surface area contributed by atoms with Crippen LogP contribution in [0.25, 0.3) is 28.0 Å². The summed E-state index contributed by atoms with van der Waals surface area (Å²) in [5, 5.41) is 14.3. The molecule has 4 N–H and O–H groups in total. The molecule has 0 saturated carbocycles. The van der Waals surface area contributed by atoms with Crippen molar-refractivity contribution < 1.29 is 0 Å². The highest BCUT2D eigenvalue weighted by Gasteiger charge is 2.17. The number of nitrogens with one attached hydrogen (secondary N) is 4. The standard InChI is InChI=1S/C31H38N10O/c1-39(2)13-14-41-29-22(15-26(30(41)42)27-11-6-21(16-34-27)28-19-33-20-40(28)3)17-35-31(38-29)37-24-9-7-23(8-10-24)36-25-5-4-12-32-18-25/h6-11,15-17,19,25,32-33,36H,4-5,12-14,18,20H2,1-3H3,(H,35,37,38). The molecule has 0 spiro atoms. The molecule has 4 aromatic rings. The summed E-state index contributed by atoms with van der Waals surface area (Å²) in [5.74, 6) is 0.440. The Morgan fingerprint density at radius 2 is 1.90 bits per heavy atom. The van der Waals surface area contributed by atoms with Crippen molar-refractivity contribution in [3.05, 3.63) is 77.0 Å². The number of likely N-dealkylation sites (N-methyl/N-ethyl adjacent to an activating group) is 1. The Kier molecular flexibility index (Phi) is 8.02. The Morgan fingerprint density at radius 1 is 1.07 bits per heavy atom. The molecule has 11 heteroatoms. The first kappa shape index (κ1) is 27.7. The number of hydrogen-bond donors (Lipinski definition) is 4. The molecule has 1 saturated heterocycles. The summed E-state index contributed by atoms with van der Waals surface area (Å²) in [6, 6.07) is 14.3. The van der Waals surface area contributed by atoms with Gasteiger partial charge in [0, 0.05) is 73.6 Å². The number of rotatable bonds is 9. The highest BCUT2D eigenvalue weighted by Crippen LogP contribution is 2.24. The fourth-order valence-corrected chi connectivity index (χ4v) is 5.38. The van der Waals surface area contributed by atoms with Crippen molar-refractivity contribution in [3.63, 3.8) is 0 Å². The van der Waals surface area contributed by atoms with Crippen molar-refractivity contribution in [3.8, 4) is 11.3 Å². The summed E-state index contributed by atoms with van der Waals surface area (Å²) < 4.78 is 1.73. The van der Waals surface area contributed by atoms with Crippen LogP contribution in [0.4, 0.5) is 17.3 Å². The van der Waals surface area contributed by atoms with Crippen LogP contribution >= 0.6 is 0 Å². The van der Waals surface area contributed by atoms with Gasteiger partial charge in [-0.1, -0.05) is 0 Å². The first-order chi connectivity index (χ1) is 20.4. The molecule has 1 fully saturated rings. The molecule has 11 nitrogen and oxygen atoms in total. The predicted molar refractivity (Wildman–Crippen MR) is 169 cm³/mol. The maximum atomic E-state index is 13.8. The van der Waals surface area contributed by atoms with E-state index in [1.54, 1.807) is 10.8 Å². The van der Waals surface area contributed by atoms with Crippen molar-refractivity contribution in [2.24, 2.45) is 0 Å². The van der Waals surface area contributed by atoms with Crippen LogP contribution in [0, 0.1) is 0 Å². The zero-order valence-electron chi connectivity index (χ0n) is 24.4. The topological polar surface area (TPSA) is 115 Å². The lowest BCUT2D eigenvalue weighted by atomic mass is 10.1. The lowest BCUT2D eigenvalue weighted by Crippen LogP contribution is -2.38. The van der Waals surface area contributed by atoms with E-state index in [0.717, 1.165) is 47.8 Å². The van der Waals surface area contributed by atoms with Gasteiger partial charge < -0.3 is 31.1 Å². The minimum atomic E-state index is -0.124. The van der Waals surface area contributed by atoms with Gasteiger partial charge in [-0.05, 0) is 75.9 Å². The summed E-state index contributed by atoms with van der Waals surface area (Å²) in [4.78, 5) is 32.1.